The van der Waals surface area contributed by atoms with Gasteiger partial charge in [0, 0.05) is 26.0 Å². The van der Waals surface area contributed by atoms with E-state index in [4.69, 9.17) is 4.74 Å². The lowest BCUT2D eigenvalue weighted by Gasteiger charge is -2.20. The zero-order chi connectivity index (χ0) is 12.1. The Kier molecular flexibility index (Phi) is 4.15. The highest BCUT2D eigenvalue weighted by Gasteiger charge is 2.32. The molecular weight excluding hydrogens is 238 g/mol. The Bertz CT molecular complexity index is 358. The molecule has 1 amide bonds. The Morgan fingerprint density at radius 1 is 1.65 bits per heavy atom. The maximum atomic E-state index is 11.6. The van der Waals surface area contributed by atoms with Gasteiger partial charge >= 0.3 is 0 Å². The third kappa shape index (κ3) is 3.80. The van der Waals surface area contributed by atoms with E-state index in [9.17, 15) is 9.90 Å². The van der Waals surface area contributed by atoms with Gasteiger partial charge in [-0.1, -0.05) is 0 Å². The summed E-state index contributed by atoms with van der Waals surface area (Å²) in [6, 6.07) is 2.02. The molecule has 4 nitrogen and oxygen atoms in total. The Hall–Kier alpha value is -0.910. The van der Waals surface area contributed by atoms with Gasteiger partial charge in [-0.25, -0.2) is 0 Å². The monoisotopic (exact) mass is 255 g/mol. The van der Waals surface area contributed by atoms with E-state index in [1.807, 2.05) is 16.8 Å². The maximum absolute atomic E-state index is 11.6. The molecule has 1 saturated heterocycles. The Balaban J connectivity index is 1.67. The van der Waals surface area contributed by atoms with Crippen molar-refractivity contribution in [1.29, 1.82) is 0 Å². The largest absolute Gasteiger partial charge is 0.386 e. The number of carbonyl (C=O) groups is 1. The van der Waals surface area contributed by atoms with Crippen LogP contribution in [0.2, 0.25) is 0 Å². The van der Waals surface area contributed by atoms with E-state index in [0.29, 0.717) is 26.1 Å². The van der Waals surface area contributed by atoms with Gasteiger partial charge in [-0.05, 0) is 28.8 Å². The number of carbonyl (C=O) groups excluding carboxylic acids is 1. The zero-order valence-corrected chi connectivity index (χ0v) is 10.5. The lowest BCUT2D eigenvalue weighted by atomic mass is 10.0. The highest BCUT2D eigenvalue weighted by Crippen LogP contribution is 2.17. The van der Waals surface area contributed by atoms with Crippen molar-refractivity contribution >= 4 is 17.2 Å². The van der Waals surface area contributed by atoms with Crippen LogP contribution >= 0.6 is 11.3 Å². The number of aliphatic hydroxyl groups is 1. The topological polar surface area (TPSA) is 58.6 Å². The smallest absolute Gasteiger partial charge is 0.220 e. The molecule has 0 radical (unpaired) electrons. The fourth-order valence-electron chi connectivity index (χ4n) is 1.78. The molecule has 2 rings (SSSR count). The van der Waals surface area contributed by atoms with Gasteiger partial charge < -0.3 is 15.2 Å². The van der Waals surface area contributed by atoms with Gasteiger partial charge in [-0.15, -0.1) is 0 Å². The first kappa shape index (κ1) is 12.5. The Labute approximate surface area is 105 Å². The van der Waals surface area contributed by atoms with E-state index in [-0.39, 0.29) is 12.5 Å². The molecule has 0 spiro atoms. The fraction of sp³-hybridized carbons (Fsp3) is 0.583. The molecule has 0 aromatic carbocycles. The molecule has 0 saturated carbocycles. The van der Waals surface area contributed by atoms with Crippen LogP contribution in [0.5, 0.6) is 0 Å². The summed E-state index contributed by atoms with van der Waals surface area (Å²) in [7, 11) is 0. The van der Waals surface area contributed by atoms with Gasteiger partial charge in [-0.3, -0.25) is 4.79 Å². The van der Waals surface area contributed by atoms with Gasteiger partial charge in [0.05, 0.1) is 6.61 Å². The number of thiophene rings is 1. The average molecular weight is 255 g/mol. The standard InChI is InChI=1S/C12H17NO3S/c14-11(2-1-10-3-6-17-7-10)13-8-12(15)4-5-16-9-12/h3,6-7,15H,1-2,4-5,8-9H2,(H,13,14). The summed E-state index contributed by atoms with van der Waals surface area (Å²) >= 11 is 1.64. The molecule has 94 valence electrons. The average Bonchev–Trinajstić information content (AvgIpc) is 2.95. The molecule has 1 fully saturated rings. The van der Waals surface area contributed by atoms with Crippen LogP contribution in [0.25, 0.3) is 0 Å². The molecule has 1 unspecified atom stereocenters. The van der Waals surface area contributed by atoms with E-state index < -0.39 is 5.60 Å². The molecule has 1 aromatic rings. The number of amides is 1. The summed E-state index contributed by atoms with van der Waals surface area (Å²) < 4.78 is 5.11. The third-order valence-corrected chi connectivity index (χ3v) is 3.65. The second-order valence-corrected chi connectivity index (χ2v) is 5.22. The number of ether oxygens (including phenoxy) is 1. The minimum absolute atomic E-state index is 0.0171. The lowest BCUT2D eigenvalue weighted by Crippen LogP contribution is -2.43. The van der Waals surface area contributed by atoms with Gasteiger partial charge in [0.25, 0.3) is 0 Å². The summed E-state index contributed by atoms with van der Waals surface area (Å²) in [6.45, 7) is 1.18. The van der Waals surface area contributed by atoms with E-state index in [1.165, 1.54) is 5.56 Å². The van der Waals surface area contributed by atoms with Gasteiger partial charge in [0.2, 0.25) is 5.91 Å². The predicted molar refractivity (Wildman–Crippen MR) is 66.0 cm³/mol. The number of aryl methyl sites for hydroxylation is 1. The lowest BCUT2D eigenvalue weighted by molar-refractivity contribution is -0.122. The molecule has 1 aliphatic rings. The van der Waals surface area contributed by atoms with Crippen LogP contribution in [0.15, 0.2) is 16.8 Å². The van der Waals surface area contributed by atoms with Gasteiger partial charge in [-0.2, -0.15) is 11.3 Å². The van der Waals surface area contributed by atoms with E-state index in [0.717, 1.165) is 6.42 Å². The second-order valence-electron chi connectivity index (χ2n) is 4.44. The SMILES string of the molecule is O=C(CCc1ccsc1)NCC1(O)CCOC1. The molecule has 5 heteroatoms. The summed E-state index contributed by atoms with van der Waals surface area (Å²) in [5.41, 5.74) is 0.325. The van der Waals surface area contributed by atoms with Crippen molar-refractivity contribution in [3.8, 4) is 0 Å². The summed E-state index contributed by atoms with van der Waals surface area (Å²) in [4.78, 5) is 11.6. The predicted octanol–water partition coefficient (Wildman–Crippen LogP) is 0.948. The third-order valence-electron chi connectivity index (χ3n) is 2.92. The molecule has 0 aliphatic carbocycles. The number of nitrogens with one attached hydrogen (secondary N) is 1. The van der Waals surface area contributed by atoms with Crippen molar-refractivity contribution in [2.24, 2.45) is 0 Å². The summed E-state index contributed by atoms with van der Waals surface area (Å²) in [6.07, 6.45) is 1.82. The van der Waals surface area contributed by atoms with E-state index in [2.05, 4.69) is 5.32 Å². The molecule has 2 N–H and O–H groups in total. The normalized spacial score (nSPS) is 23.8. The van der Waals surface area contributed by atoms with Crippen molar-refractivity contribution in [2.45, 2.75) is 24.9 Å². The van der Waals surface area contributed by atoms with Crippen LogP contribution in [0.3, 0.4) is 0 Å². The first-order chi connectivity index (χ1) is 8.18. The second kappa shape index (κ2) is 5.62. The summed E-state index contributed by atoms with van der Waals surface area (Å²) in [5.74, 6) is -0.0171. The zero-order valence-electron chi connectivity index (χ0n) is 9.65. The molecule has 1 aliphatic heterocycles. The number of hydrogen-bond acceptors (Lipinski definition) is 4. The van der Waals surface area contributed by atoms with Gasteiger partial charge in [0.15, 0.2) is 0 Å². The van der Waals surface area contributed by atoms with Crippen LogP contribution in [0.1, 0.15) is 18.4 Å². The fourth-order valence-corrected chi connectivity index (χ4v) is 2.48. The Morgan fingerprint density at radius 3 is 3.18 bits per heavy atom. The van der Waals surface area contributed by atoms with Crippen molar-refractivity contribution < 1.29 is 14.6 Å². The maximum Gasteiger partial charge on any atom is 0.220 e. The highest BCUT2D eigenvalue weighted by atomic mass is 32.1. The van der Waals surface area contributed by atoms with Crippen molar-refractivity contribution in [2.75, 3.05) is 19.8 Å². The van der Waals surface area contributed by atoms with Crippen LogP contribution in [-0.4, -0.2) is 36.4 Å². The van der Waals surface area contributed by atoms with Gasteiger partial charge in [0.1, 0.15) is 5.60 Å². The van der Waals surface area contributed by atoms with Crippen molar-refractivity contribution in [1.82, 2.24) is 5.32 Å². The molecule has 2 heterocycles. The van der Waals surface area contributed by atoms with Crippen molar-refractivity contribution in [3.05, 3.63) is 22.4 Å². The number of hydrogen-bond donors (Lipinski definition) is 2. The molecule has 1 aromatic heterocycles. The van der Waals surface area contributed by atoms with Crippen LogP contribution in [0.4, 0.5) is 0 Å². The van der Waals surface area contributed by atoms with Crippen molar-refractivity contribution in [3.63, 3.8) is 0 Å². The minimum Gasteiger partial charge on any atom is -0.386 e. The molecule has 1 atom stereocenters. The molecule has 17 heavy (non-hydrogen) atoms. The molecular formula is C12H17NO3S. The van der Waals surface area contributed by atoms with E-state index in [1.54, 1.807) is 11.3 Å². The minimum atomic E-state index is -0.863. The number of rotatable bonds is 5. The summed E-state index contributed by atoms with van der Waals surface area (Å²) in [5, 5.41) is 16.8. The van der Waals surface area contributed by atoms with Crippen LogP contribution in [0, 0.1) is 0 Å². The quantitative estimate of drug-likeness (QED) is 0.823. The highest BCUT2D eigenvalue weighted by molar-refractivity contribution is 7.07. The Morgan fingerprint density at radius 2 is 2.53 bits per heavy atom. The van der Waals surface area contributed by atoms with Crippen LogP contribution < -0.4 is 5.32 Å². The first-order valence-electron chi connectivity index (χ1n) is 5.76. The molecule has 0 bridgehead atoms. The first-order valence-corrected chi connectivity index (χ1v) is 6.70. The van der Waals surface area contributed by atoms with E-state index >= 15 is 0 Å². The van der Waals surface area contributed by atoms with Crippen LogP contribution in [-0.2, 0) is 16.0 Å².